The van der Waals surface area contributed by atoms with Gasteiger partial charge in [-0.25, -0.2) is 4.68 Å². The molecule has 1 fully saturated rings. The van der Waals surface area contributed by atoms with Crippen LogP contribution in [0, 0.1) is 0 Å². The van der Waals surface area contributed by atoms with Crippen LogP contribution in [0.1, 0.15) is 23.9 Å². The van der Waals surface area contributed by atoms with Gasteiger partial charge in [-0.1, -0.05) is 18.2 Å². The largest absolute Gasteiger partial charge is 0.370 e. The highest BCUT2D eigenvalue weighted by atomic mass is 16.5. The van der Waals surface area contributed by atoms with E-state index < -0.39 is 0 Å². The Morgan fingerprint density at radius 1 is 1.21 bits per heavy atom. The smallest absolute Gasteiger partial charge is 0.114 e. The molecule has 3 heterocycles. The second-order valence-corrected chi connectivity index (χ2v) is 6.03. The van der Waals surface area contributed by atoms with Crippen LogP contribution in [0.4, 0.5) is 0 Å². The Morgan fingerprint density at radius 2 is 2.08 bits per heavy atom. The summed E-state index contributed by atoms with van der Waals surface area (Å²) >= 11 is 0. The van der Waals surface area contributed by atoms with Crippen molar-refractivity contribution in [1.29, 1.82) is 0 Å². The predicted molar refractivity (Wildman–Crippen MR) is 90.7 cm³/mol. The van der Waals surface area contributed by atoms with E-state index in [9.17, 15) is 0 Å². The zero-order valence-electron chi connectivity index (χ0n) is 13.7. The topological polar surface area (TPSA) is 56.9 Å². The van der Waals surface area contributed by atoms with Crippen molar-refractivity contribution in [2.45, 2.75) is 25.1 Å². The molecule has 0 aliphatic carbocycles. The van der Waals surface area contributed by atoms with E-state index in [4.69, 9.17) is 4.74 Å². The normalized spacial score (nSPS) is 20.5. The lowest BCUT2D eigenvalue weighted by Gasteiger charge is -2.19. The first-order valence-corrected chi connectivity index (χ1v) is 8.24. The lowest BCUT2D eigenvalue weighted by atomic mass is 10.1. The first-order valence-electron chi connectivity index (χ1n) is 8.24. The van der Waals surface area contributed by atoms with Crippen LogP contribution in [0.5, 0.6) is 0 Å². The number of ether oxygens (including phenoxy) is 1. The summed E-state index contributed by atoms with van der Waals surface area (Å²) in [6, 6.07) is 14.5. The van der Waals surface area contributed by atoms with Crippen molar-refractivity contribution in [3.05, 3.63) is 66.2 Å². The van der Waals surface area contributed by atoms with E-state index in [2.05, 4.69) is 21.6 Å². The summed E-state index contributed by atoms with van der Waals surface area (Å²) in [5.41, 5.74) is 3.20. The second kappa shape index (κ2) is 6.59. The number of hydrogen-bond donors (Lipinski definition) is 1. The minimum atomic E-state index is 0.0497. The predicted octanol–water partition coefficient (Wildman–Crippen LogP) is 2.23. The molecule has 0 saturated carbocycles. The zero-order valence-corrected chi connectivity index (χ0v) is 13.7. The van der Waals surface area contributed by atoms with Gasteiger partial charge in [0.25, 0.3) is 0 Å². The minimum Gasteiger partial charge on any atom is -0.370 e. The summed E-state index contributed by atoms with van der Waals surface area (Å²) in [5, 5.41) is 12.5. The first-order chi connectivity index (χ1) is 11.8. The molecule has 1 N–H and O–H groups in total. The van der Waals surface area contributed by atoms with Crippen LogP contribution in [0.2, 0.25) is 0 Å². The highest BCUT2D eigenvalue weighted by molar-refractivity contribution is 5.30. The molecule has 0 bridgehead atoms. The van der Waals surface area contributed by atoms with Crippen molar-refractivity contribution >= 4 is 0 Å². The molecule has 1 saturated heterocycles. The third-order valence-electron chi connectivity index (χ3n) is 4.45. The molecule has 4 rings (SSSR count). The van der Waals surface area contributed by atoms with Gasteiger partial charge in [0, 0.05) is 38.6 Å². The van der Waals surface area contributed by atoms with Crippen LogP contribution in [-0.4, -0.2) is 32.2 Å². The average Bonchev–Trinajstić information content (AvgIpc) is 3.34. The molecule has 0 spiro atoms. The summed E-state index contributed by atoms with van der Waals surface area (Å²) in [6.45, 7) is 1.49. The van der Waals surface area contributed by atoms with Gasteiger partial charge in [-0.2, -0.15) is 10.2 Å². The van der Waals surface area contributed by atoms with E-state index >= 15 is 0 Å². The number of nitrogens with zero attached hydrogens (tertiary/aromatic N) is 4. The number of benzene rings is 1. The number of nitrogens with one attached hydrogen (secondary N) is 1. The van der Waals surface area contributed by atoms with E-state index in [1.165, 1.54) is 0 Å². The Bertz CT molecular complexity index is 795. The second-order valence-electron chi connectivity index (χ2n) is 6.03. The van der Waals surface area contributed by atoms with E-state index in [0.29, 0.717) is 0 Å². The van der Waals surface area contributed by atoms with Gasteiger partial charge in [-0.05, 0) is 30.7 Å². The molecule has 0 unspecified atom stereocenters. The van der Waals surface area contributed by atoms with E-state index in [1.807, 2.05) is 65.2 Å². The van der Waals surface area contributed by atoms with Crippen LogP contribution in [0.15, 0.2) is 54.9 Å². The Morgan fingerprint density at radius 3 is 2.88 bits per heavy atom. The summed E-state index contributed by atoms with van der Waals surface area (Å²) < 4.78 is 9.69. The molecular formula is C18H21N5O. The zero-order chi connectivity index (χ0) is 16.4. The molecule has 1 aliphatic rings. The minimum absolute atomic E-state index is 0.0497. The van der Waals surface area contributed by atoms with Gasteiger partial charge in [0.05, 0.1) is 17.1 Å². The van der Waals surface area contributed by atoms with Crippen LogP contribution in [0.25, 0.3) is 5.69 Å². The number of aromatic nitrogens is 4. The summed E-state index contributed by atoms with van der Waals surface area (Å²) in [5.74, 6) is 0. The highest BCUT2D eigenvalue weighted by Crippen LogP contribution is 2.28. The van der Waals surface area contributed by atoms with Gasteiger partial charge < -0.3 is 10.1 Å². The fourth-order valence-corrected chi connectivity index (χ4v) is 3.17. The van der Waals surface area contributed by atoms with Gasteiger partial charge >= 0.3 is 0 Å². The Hall–Kier alpha value is -2.44. The molecule has 1 aliphatic heterocycles. The lowest BCUT2D eigenvalue weighted by Crippen LogP contribution is -2.32. The van der Waals surface area contributed by atoms with Crippen LogP contribution in [0.3, 0.4) is 0 Å². The molecule has 124 valence electrons. The van der Waals surface area contributed by atoms with Crippen molar-refractivity contribution in [3.63, 3.8) is 0 Å². The van der Waals surface area contributed by atoms with Crippen molar-refractivity contribution in [2.24, 2.45) is 7.05 Å². The maximum Gasteiger partial charge on any atom is 0.114 e. The van der Waals surface area contributed by atoms with Crippen molar-refractivity contribution < 1.29 is 4.74 Å². The molecule has 2 atom stereocenters. The van der Waals surface area contributed by atoms with Gasteiger partial charge in [0.15, 0.2) is 0 Å². The molecule has 3 aromatic rings. The summed E-state index contributed by atoms with van der Waals surface area (Å²) in [7, 11) is 1.95. The van der Waals surface area contributed by atoms with Gasteiger partial charge in [0.1, 0.15) is 6.10 Å². The Kier molecular flexibility index (Phi) is 4.15. The molecule has 6 heteroatoms. The average molecular weight is 323 g/mol. The molecule has 6 nitrogen and oxygen atoms in total. The Balaban J connectivity index is 1.42. The third kappa shape index (κ3) is 2.98. The quantitative estimate of drug-likeness (QED) is 0.782. The van der Waals surface area contributed by atoms with E-state index in [0.717, 1.165) is 36.6 Å². The van der Waals surface area contributed by atoms with Gasteiger partial charge in [-0.15, -0.1) is 0 Å². The monoisotopic (exact) mass is 323 g/mol. The van der Waals surface area contributed by atoms with Crippen molar-refractivity contribution in [2.75, 3.05) is 6.61 Å². The maximum atomic E-state index is 5.90. The number of para-hydroxylation sites is 1. The Labute approximate surface area is 141 Å². The molecule has 0 radical (unpaired) electrons. The molecule has 2 aromatic heterocycles. The first kappa shape index (κ1) is 15.1. The number of hydrogen-bond acceptors (Lipinski definition) is 4. The SMILES string of the molecule is Cn1nccc1[C@H]1OCC[C@@H]1NCc1ccn(-c2ccccc2)n1. The van der Waals surface area contributed by atoms with Crippen molar-refractivity contribution in [3.8, 4) is 5.69 Å². The molecule has 1 aromatic carbocycles. The van der Waals surface area contributed by atoms with Crippen molar-refractivity contribution in [1.82, 2.24) is 24.9 Å². The number of rotatable bonds is 5. The molecular weight excluding hydrogens is 302 g/mol. The fraction of sp³-hybridized carbons (Fsp3) is 0.333. The standard InChI is InChI=1S/C18H21N5O/c1-22-17(7-10-20-22)18-16(9-12-24-18)19-13-14-8-11-23(21-14)15-5-3-2-4-6-15/h2-8,10-11,16,18-19H,9,12-13H2,1H3/t16-,18-/m0/s1. The van der Waals surface area contributed by atoms with E-state index in [1.54, 1.807) is 0 Å². The fourth-order valence-electron chi connectivity index (χ4n) is 3.17. The summed E-state index contributed by atoms with van der Waals surface area (Å²) in [4.78, 5) is 0. The molecule has 0 amide bonds. The lowest BCUT2D eigenvalue weighted by molar-refractivity contribution is 0.0918. The van der Waals surface area contributed by atoms with Gasteiger partial charge in [0.2, 0.25) is 0 Å². The summed E-state index contributed by atoms with van der Waals surface area (Å²) in [6.07, 6.45) is 4.86. The van der Waals surface area contributed by atoms with Crippen LogP contribution >= 0.6 is 0 Å². The van der Waals surface area contributed by atoms with E-state index in [-0.39, 0.29) is 12.1 Å². The maximum absolute atomic E-state index is 5.90. The highest BCUT2D eigenvalue weighted by Gasteiger charge is 2.31. The van der Waals surface area contributed by atoms with Gasteiger partial charge in [-0.3, -0.25) is 4.68 Å². The van der Waals surface area contributed by atoms with Crippen LogP contribution in [-0.2, 0) is 18.3 Å². The number of aryl methyl sites for hydroxylation is 1. The van der Waals surface area contributed by atoms with Crippen LogP contribution < -0.4 is 5.32 Å². The molecule has 24 heavy (non-hydrogen) atoms. The third-order valence-corrected chi connectivity index (χ3v) is 4.45.